The van der Waals surface area contributed by atoms with Crippen LogP contribution in [-0.2, 0) is 38.2 Å². The van der Waals surface area contributed by atoms with Crippen molar-refractivity contribution in [3.63, 3.8) is 0 Å². The van der Waals surface area contributed by atoms with Crippen molar-refractivity contribution in [1.29, 1.82) is 0 Å². The number of rotatable bonds is 15. The highest BCUT2D eigenvalue weighted by molar-refractivity contribution is 5.94. The third kappa shape index (κ3) is 24.3. The number of ether oxygens (including phenoxy) is 3. The van der Waals surface area contributed by atoms with Gasteiger partial charge in [-0.15, -0.1) is 0 Å². The molecule has 8 amide bonds. The molecule has 3 atom stereocenters. The number of carbonyl (C=O) groups excluding carboxylic acids is 8. The molecule has 0 spiro atoms. The third-order valence-corrected chi connectivity index (χ3v) is 5.98. The van der Waals surface area contributed by atoms with E-state index in [9.17, 15) is 38.4 Å². The van der Waals surface area contributed by atoms with Gasteiger partial charge in [0.15, 0.2) is 0 Å². The van der Waals surface area contributed by atoms with E-state index in [2.05, 4.69) is 37.8 Å². The van der Waals surface area contributed by atoms with Crippen molar-refractivity contribution in [2.75, 3.05) is 6.54 Å². The number of hydrogen-bond donors (Lipinski definition) is 10. The molecule has 21 nitrogen and oxygen atoms in total. The summed E-state index contributed by atoms with van der Waals surface area (Å²) in [5.41, 5.74) is 21.4. The van der Waals surface area contributed by atoms with Gasteiger partial charge in [0.1, 0.15) is 28.9 Å². The lowest BCUT2D eigenvalue weighted by Gasteiger charge is -2.25. The van der Waals surface area contributed by atoms with Crippen molar-refractivity contribution in [3.8, 4) is 0 Å². The fraction of sp³-hybridized carbons (Fsp3) is 0.742. The zero-order chi connectivity index (χ0) is 40.3. The zero-order valence-corrected chi connectivity index (χ0v) is 31.5. The number of amides is 8. The Labute approximate surface area is 303 Å². The molecule has 298 valence electrons. The van der Waals surface area contributed by atoms with Gasteiger partial charge in [-0.3, -0.25) is 40.3 Å². The van der Waals surface area contributed by atoms with Gasteiger partial charge in [-0.25, -0.2) is 30.7 Å². The molecule has 52 heavy (non-hydrogen) atoms. The first-order chi connectivity index (χ1) is 23.8. The first kappa shape index (κ1) is 47.1. The van der Waals surface area contributed by atoms with Crippen LogP contribution in [0, 0.1) is 0 Å². The van der Waals surface area contributed by atoms with Gasteiger partial charge in [-0.05, 0) is 94.5 Å². The van der Waals surface area contributed by atoms with Gasteiger partial charge < -0.3 is 36.3 Å². The standard InChI is InChI=1S/C31H58N10O11/c1-29(2,3)50-26(47)39-36-21(42)15-13-19(34-23(44)18(33)12-10-11-17-32)24(45)35-20(25(46)38-41-28(49)52-31(7,8)9)14-16-22(43)37-40-27(48)51-30(4,5)6/h18-20H,10-17,32-33H2,1-9H3,(H,34,44)(H,35,45)(H,36,42)(H,37,43)(H,38,46)(H,39,47)(H,40,48)(H,41,49)/t18-,19-,20-/m0/s1. The monoisotopic (exact) mass is 746 g/mol. The van der Waals surface area contributed by atoms with Gasteiger partial charge in [0.25, 0.3) is 5.91 Å². The van der Waals surface area contributed by atoms with Crippen LogP contribution in [0.15, 0.2) is 0 Å². The summed E-state index contributed by atoms with van der Waals surface area (Å²) in [5.74, 6) is -4.21. The highest BCUT2D eigenvalue weighted by Gasteiger charge is 2.30. The summed E-state index contributed by atoms with van der Waals surface area (Å²) >= 11 is 0. The van der Waals surface area contributed by atoms with Crippen LogP contribution in [-0.4, -0.2) is 89.3 Å². The number of hydrazine groups is 3. The van der Waals surface area contributed by atoms with Crippen LogP contribution in [0.3, 0.4) is 0 Å². The van der Waals surface area contributed by atoms with Crippen LogP contribution < -0.4 is 54.7 Å². The molecule has 0 rings (SSSR count). The SMILES string of the molecule is CC(C)(C)OC(=O)NNC(=O)CC[C@H](NC(=O)[C@H](CCC(=O)NNC(=O)OC(C)(C)C)NC(=O)[C@@H](N)CCCCN)C(=O)NNC(=O)OC(C)(C)C. The molecule has 0 bridgehead atoms. The molecule has 0 saturated heterocycles. The van der Waals surface area contributed by atoms with Crippen LogP contribution in [0.2, 0.25) is 0 Å². The molecule has 0 unspecified atom stereocenters. The maximum Gasteiger partial charge on any atom is 0.426 e. The molecule has 0 aromatic heterocycles. The van der Waals surface area contributed by atoms with Gasteiger partial charge in [0, 0.05) is 12.8 Å². The molecule has 0 aromatic rings. The molecule has 12 N–H and O–H groups in total. The maximum atomic E-state index is 13.6. The van der Waals surface area contributed by atoms with Gasteiger partial charge in [-0.2, -0.15) is 0 Å². The second kappa shape index (κ2) is 22.1. The Kier molecular flexibility index (Phi) is 20.0. The average Bonchev–Trinajstić information content (AvgIpc) is 2.99. The summed E-state index contributed by atoms with van der Waals surface area (Å²) in [4.78, 5) is 101. The summed E-state index contributed by atoms with van der Waals surface area (Å²) in [6, 6.07) is -4.00. The van der Waals surface area contributed by atoms with Crippen molar-refractivity contribution in [3.05, 3.63) is 0 Å². The minimum absolute atomic E-state index is 0.242. The minimum atomic E-state index is -1.52. The van der Waals surface area contributed by atoms with E-state index in [1.807, 2.05) is 5.43 Å². The average molecular weight is 747 g/mol. The predicted molar refractivity (Wildman–Crippen MR) is 186 cm³/mol. The quantitative estimate of drug-likeness (QED) is 0.0582. The number of unbranched alkanes of at least 4 members (excludes halogenated alkanes) is 1. The van der Waals surface area contributed by atoms with E-state index in [0.717, 1.165) is 0 Å². The van der Waals surface area contributed by atoms with Crippen LogP contribution >= 0.6 is 0 Å². The van der Waals surface area contributed by atoms with Crippen molar-refractivity contribution in [2.24, 2.45) is 11.5 Å². The van der Waals surface area contributed by atoms with Crippen LogP contribution in [0.5, 0.6) is 0 Å². The molecule has 21 heteroatoms. The highest BCUT2D eigenvalue weighted by Crippen LogP contribution is 2.09. The zero-order valence-electron chi connectivity index (χ0n) is 31.5. The van der Waals surface area contributed by atoms with E-state index in [0.29, 0.717) is 19.4 Å². The molecular weight excluding hydrogens is 688 g/mol. The Morgan fingerprint density at radius 1 is 0.500 bits per heavy atom. The van der Waals surface area contributed by atoms with Crippen molar-refractivity contribution in [2.45, 2.75) is 142 Å². The Morgan fingerprint density at radius 2 is 0.865 bits per heavy atom. The fourth-order valence-corrected chi connectivity index (χ4v) is 3.76. The molecule has 0 aliphatic heterocycles. The topological polar surface area (TPSA) is 313 Å². The Balaban J connectivity index is 5.93. The highest BCUT2D eigenvalue weighted by atomic mass is 16.6. The van der Waals surface area contributed by atoms with Crippen LogP contribution in [0.4, 0.5) is 14.4 Å². The Hall–Kier alpha value is -4.92. The van der Waals surface area contributed by atoms with Gasteiger partial charge >= 0.3 is 18.3 Å². The first-order valence-corrected chi connectivity index (χ1v) is 16.7. The van der Waals surface area contributed by atoms with E-state index in [1.54, 1.807) is 62.3 Å². The predicted octanol–water partition coefficient (Wildman–Crippen LogP) is -0.360. The minimum Gasteiger partial charge on any atom is -0.443 e. The third-order valence-electron chi connectivity index (χ3n) is 5.98. The van der Waals surface area contributed by atoms with Gasteiger partial charge in [0.05, 0.1) is 6.04 Å². The lowest BCUT2D eigenvalue weighted by molar-refractivity contribution is -0.133. The van der Waals surface area contributed by atoms with Crippen molar-refractivity contribution >= 4 is 47.8 Å². The number of hydrogen-bond acceptors (Lipinski definition) is 13. The van der Waals surface area contributed by atoms with E-state index >= 15 is 0 Å². The summed E-state index contributed by atoms with van der Waals surface area (Å²) < 4.78 is 15.2. The van der Waals surface area contributed by atoms with Crippen LogP contribution in [0.1, 0.15) is 107 Å². The molecule has 0 fully saturated rings. The van der Waals surface area contributed by atoms with Gasteiger partial charge in [-0.1, -0.05) is 6.42 Å². The molecule has 0 radical (unpaired) electrons. The van der Waals surface area contributed by atoms with Gasteiger partial charge in [0.2, 0.25) is 23.6 Å². The number of carbonyl (C=O) groups is 8. The summed E-state index contributed by atoms with van der Waals surface area (Å²) in [7, 11) is 0. The molecule has 0 saturated carbocycles. The largest absolute Gasteiger partial charge is 0.443 e. The van der Waals surface area contributed by atoms with E-state index in [-0.39, 0.29) is 19.3 Å². The normalized spacial score (nSPS) is 13.1. The van der Waals surface area contributed by atoms with E-state index < -0.39 is 95.6 Å². The Morgan fingerprint density at radius 3 is 1.25 bits per heavy atom. The van der Waals surface area contributed by atoms with Crippen molar-refractivity contribution in [1.82, 2.24) is 43.2 Å². The maximum absolute atomic E-state index is 13.6. The molecule has 0 heterocycles. The summed E-state index contributed by atoms with van der Waals surface area (Å²) in [6.07, 6.45) is -3.11. The summed E-state index contributed by atoms with van der Waals surface area (Å²) in [6.45, 7) is 14.9. The lowest BCUT2D eigenvalue weighted by Crippen LogP contribution is -2.58. The molecular formula is C31H58N10O11. The van der Waals surface area contributed by atoms with Crippen LogP contribution in [0.25, 0.3) is 0 Å². The van der Waals surface area contributed by atoms with E-state index in [1.165, 1.54) is 0 Å². The smallest absolute Gasteiger partial charge is 0.426 e. The molecule has 0 aliphatic rings. The van der Waals surface area contributed by atoms with E-state index in [4.69, 9.17) is 25.7 Å². The second-order valence-electron chi connectivity index (χ2n) is 14.6. The molecule has 0 aromatic carbocycles. The first-order valence-electron chi connectivity index (χ1n) is 16.7. The Bertz CT molecular complexity index is 1240. The summed E-state index contributed by atoms with van der Waals surface area (Å²) in [5, 5.41) is 4.88. The molecule has 0 aliphatic carbocycles. The number of nitrogens with one attached hydrogen (secondary N) is 8. The second-order valence-corrected chi connectivity index (χ2v) is 14.6. The fourth-order valence-electron chi connectivity index (χ4n) is 3.76. The lowest BCUT2D eigenvalue weighted by atomic mass is 10.1. The number of nitrogens with two attached hydrogens (primary N) is 2. The van der Waals surface area contributed by atoms with Crippen molar-refractivity contribution < 1.29 is 52.6 Å².